The Balaban J connectivity index is 2.02. The molecule has 0 aromatic rings. The van der Waals surface area contributed by atoms with E-state index in [0.717, 1.165) is 0 Å². The first-order chi connectivity index (χ1) is 9.07. The van der Waals surface area contributed by atoms with Gasteiger partial charge < -0.3 is 23.4 Å². The Kier molecular flexibility index (Phi) is 4.64. The summed E-state index contributed by atoms with van der Waals surface area (Å²) in [6.07, 6.45) is -0.740. The van der Waals surface area contributed by atoms with Crippen LogP contribution in [0.1, 0.15) is 34.6 Å². The van der Waals surface area contributed by atoms with Crippen LogP contribution < -0.4 is 0 Å². The highest BCUT2D eigenvalue weighted by atomic mass is 28.3. The van der Waals surface area contributed by atoms with Crippen molar-refractivity contribution in [1.29, 1.82) is 0 Å². The van der Waals surface area contributed by atoms with Gasteiger partial charge in [0.25, 0.3) is 0 Å². The molecule has 118 valence electrons. The molecule has 0 aromatic carbocycles. The highest BCUT2D eigenvalue weighted by Crippen LogP contribution is 2.39. The highest BCUT2D eigenvalue weighted by molar-refractivity contribution is 6.48. The molecule has 0 bridgehead atoms. The molecule has 0 radical (unpaired) electrons. The van der Waals surface area contributed by atoms with E-state index in [1.807, 2.05) is 34.6 Å². The monoisotopic (exact) mass is 304 g/mol. The first-order valence-corrected chi connectivity index (χ1v) is 10.2. The van der Waals surface area contributed by atoms with Crippen molar-refractivity contribution < 1.29 is 23.4 Å². The van der Waals surface area contributed by atoms with Crippen LogP contribution in [0.15, 0.2) is 0 Å². The van der Waals surface area contributed by atoms with Crippen molar-refractivity contribution in [3.8, 4) is 0 Å². The summed E-state index contributed by atoms with van der Waals surface area (Å²) >= 11 is 0. The van der Waals surface area contributed by atoms with E-state index in [-0.39, 0.29) is 30.2 Å². The summed E-state index contributed by atoms with van der Waals surface area (Å²) in [6.45, 7) is 14.7. The summed E-state index contributed by atoms with van der Waals surface area (Å²) in [7, 11) is -1.20. The van der Waals surface area contributed by atoms with Gasteiger partial charge in [0.1, 0.15) is 18.3 Å². The van der Waals surface area contributed by atoms with Crippen LogP contribution in [0.4, 0.5) is 0 Å². The Hall–Kier alpha value is 0.0169. The van der Waals surface area contributed by atoms with Gasteiger partial charge in [0.05, 0.1) is 12.2 Å². The van der Waals surface area contributed by atoms with Gasteiger partial charge in [-0.25, -0.2) is 0 Å². The smallest absolute Gasteiger partial charge is 0.190 e. The zero-order chi connectivity index (χ0) is 15.1. The van der Waals surface area contributed by atoms with Gasteiger partial charge in [0, 0.05) is 0 Å². The third kappa shape index (κ3) is 4.02. The van der Waals surface area contributed by atoms with Crippen LogP contribution in [0.25, 0.3) is 0 Å². The van der Waals surface area contributed by atoms with E-state index in [1.165, 1.54) is 0 Å². The predicted molar refractivity (Wildman–Crippen MR) is 78.2 cm³/mol. The minimum absolute atomic E-state index is 0.101. The molecule has 0 aromatic heterocycles. The minimum Gasteiger partial charge on any atom is -0.412 e. The van der Waals surface area contributed by atoms with E-state index >= 15 is 0 Å². The van der Waals surface area contributed by atoms with Crippen molar-refractivity contribution in [2.45, 2.75) is 83.7 Å². The fourth-order valence-corrected chi connectivity index (χ4v) is 3.45. The van der Waals surface area contributed by atoms with Gasteiger partial charge in [0.15, 0.2) is 21.1 Å². The highest BCUT2D eigenvalue weighted by Gasteiger charge is 2.55. The lowest BCUT2D eigenvalue weighted by molar-refractivity contribution is -0.222. The van der Waals surface area contributed by atoms with Crippen molar-refractivity contribution in [2.24, 2.45) is 0 Å². The van der Waals surface area contributed by atoms with Crippen LogP contribution in [0.5, 0.6) is 0 Å². The topological polar surface area (TPSA) is 46.2 Å². The molecular formula is C14H28O5Si. The molecule has 2 heterocycles. The van der Waals surface area contributed by atoms with Crippen LogP contribution in [-0.4, -0.2) is 51.6 Å². The van der Waals surface area contributed by atoms with Crippen molar-refractivity contribution in [2.75, 3.05) is 6.61 Å². The van der Waals surface area contributed by atoms with E-state index in [9.17, 15) is 0 Å². The van der Waals surface area contributed by atoms with Crippen molar-refractivity contribution in [3.05, 3.63) is 0 Å². The first-order valence-electron chi connectivity index (χ1n) is 7.38. The molecule has 5 nitrogen and oxygen atoms in total. The molecule has 2 aliphatic rings. The molecule has 20 heavy (non-hydrogen) atoms. The summed E-state index contributed by atoms with van der Waals surface area (Å²) in [5.41, 5.74) is -0.193. The summed E-state index contributed by atoms with van der Waals surface area (Å²) in [5.74, 6) is -0.606. The second kappa shape index (κ2) is 5.66. The van der Waals surface area contributed by atoms with E-state index in [0.29, 0.717) is 6.61 Å². The van der Waals surface area contributed by atoms with Gasteiger partial charge in [-0.1, -0.05) is 0 Å². The van der Waals surface area contributed by atoms with Crippen molar-refractivity contribution in [1.82, 2.24) is 0 Å². The van der Waals surface area contributed by atoms with Gasteiger partial charge in [-0.3, -0.25) is 0 Å². The lowest BCUT2D eigenvalue weighted by atomic mass is 10.1. The molecule has 4 atom stereocenters. The van der Waals surface area contributed by atoms with Gasteiger partial charge in [-0.05, 0) is 47.7 Å². The second-order valence-electron chi connectivity index (χ2n) is 7.22. The average molecular weight is 304 g/mol. The summed E-state index contributed by atoms with van der Waals surface area (Å²) in [4.78, 5) is 0. The third-order valence-corrected chi connectivity index (χ3v) is 4.06. The Bertz CT molecular complexity index is 339. The van der Waals surface area contributed by atoms with E-state index in [2.05, 4.69) is 13.1 Å². The molecule has 0 saturated carbocycles. The average Bonchev–Trinajstić information content (AvgIpc) is 2.68. The molecule has 2 rings (SSSR count). The lowest BCUT2D eigenvalue weighted by Gasteiger charge is -2.29. The van der Waals surface area contributed by atoms with Crippen LogP contribution in [0.3, 0.4) is 0 Å². The SMILES string of the molecule is C[SiH](C)O[C@@H]1[C@H]2OC(C)(C)O[C@H]2O[C@@H]1COC(C)(C)C. The van der Waals surface area contributed by atoms with Crippen molar-refractivity contribution in [3.63, 3.8) is 0 Å². The molecule has 0 spiro atoms. The van der Waals surface area contributed by atoms with Gasteiger partial charge in [0.2, 0.25) is 0 Å². The normalized spacial score (nSPS) is 36.6. The first kappa shape index (κ1) is 16.4. The van der Waals surface area contributed by atoms with E-state index in [1.54, 1.807) is 0 Å². The van der Waals surface area contributed by atoms with Crippen LogP contribution in [0, 0.1) is 0 Å². The zero-order valence-electron chi connectivity index (χ0n) is 13.6. The van der Waals surface area contributed by atoms with Crippen molar-refractivity contribution >= 4 is 9.04 Å². The van der Waals surface area contributed by atoms with Crippen LogP contribution >= 0.6 is 0 Å². The molecule has 0 unspecified atom stereocenters. The minimum atomic E-state index is -1.20. The van der Waals surface area contributed by atoms with Gasteiger partial charge in [-0.15, -0.1) is 0 Å². The standard InChI is InChI=1S/C14H28O5Si/c1-13(2,3)15-8-9-10(19-20(6)7)11-12(16-9)18-14(4,5)17-11/h9-12,20H,8H2,1-7H3/t9-,10+,11-,12-/m1/s1. The fraction of sp³-hybridized carbons (Fsp3) is 1.00. The predicted octanol–water partition coefficient (Wildman–Crippen LogP) is 2.05. The lowest BCUT2D eigenvalue weighted by Crippen LogP contribution is -2.42. The summed E-state index contributed by atoms with van der Waals surface area (Å²) in [6, 6.07) is 0. The molecule has 6 heteroatoms. The Labute approximate surface area is 123 Å². The molecule has 0 N–H and O–H groups in total. The molecular weight excluding hydrogens is 276 g/mol. The maximum atomic E-state index is 6.13. The third-order valence-electron chi connectivity index (χ3n) is 3.20. The summed E-state index contributed by atoms with van der Waals surface area (Å²) in [5, 5.41) is 0. The number of rotatable bonds is 4. The molecule has 2 fully saturated rings. The van der Waals surface area contributed by atoms with E-state index in [4.69, 9.17) is 23.4 Å². The van der Waals surface area contributed by atoms with Crippen LogP contribution in [0.2, 0.25) is 13.1 Å². The Morgan fingerprint density at radius 2 is 1.80 bits per heavy atom. The van der Waals surface area contributed by atoms with Gasteiger partial charge >= 0.3 is 0 Å². The quantitative estimate of drug-likeness (QED) is 0.744. The van der Waals surface area contributed by atoms with Gasteiger partial charge in [-0.2, -0.15) is 0 Å². The molecule has 2 saturated heterocycles. The second-order valence-corrected chi connectivity index (χ2v) is 9.59. The number of hydrogen-bond acceptors (Lipinski definition) is 5. The number of ether oxygens (including phenoxy) is 4. The number of fused-ring (bicyclic) bond motifs is 1. The Morgan fingerprint density at radius 3 is 2.35 bits per heavy atom. The van der Waals surface area contributed by atoms with E-state index < -0.39 is 14.8 Å². The summed E-state index contributed by atoms with van der Waals surface area (Å²) < 4.78 is 29.6. The Morgan fingerprint density at radius 1 is 1.15 bits per heavy atom. The maximum Gasteiger partial charge on any atom is 0.190 e. The molecule has 2 aliphatic heterocycles. The molecule has 0 amide bonds. The fourth-order valence-electron chi connectivity index (χ4n) is 2.49. The largest absolute Gasteiger partial charge is 0.412 e. The molecule has 0 aliphatic carbocycles. The maximum absolute atomic E-state index is 6.13. The van der Waals surface area contributed by atoms with Crippen LogP contribution in [-0.2, 0) is 23.4 Å². The zero-order valence-corrected chi connectivity index (χ0v) is 14.8. The number of hydrogen-bond donors (Lipinski definition) is 0.